The van der Waals surface area contributed by atoms with Crippen LogP contribution in [0, 0.1) is 0 Å². The molecule has 0 saturated carbocycles. The summed E-state index contributed by atoms with van der Waals surface area (Å²) in [6.07, 6.45) is 2.54. The zero-order valence-electron chi connectivity index (χ0n) is 10.9. The van der Waals surface area contributed by atoms with Crippen LogP contribution in [0.15, 0.2) is 29.4 Å². The summed E-state index contributed by atoms with van der Waals surface area (Å²) < 4.78 is 21.6. The predicted octanol–water partition coefficient (Wildman–Crippen LogP) is 1.42. The molecular weight excluding hydrogens is 250 g/mol. The first-order valence-electron chi connectivity index (χ1n) is 5.81. The molecule has 0 bridgehead atoms. The lowest BCUT2D eigenvalue weighted by Gasteiger charge is -2.20. The second-order valence-corrected chi connectivity index (χ2v) is 5.61. The third-order valence-corrected chi connectivity index (χ3v) is 2.89. The van der Waals surface area contributed by atoms with Gasteiger partial charge in [0.05, 0.1) is 12.5 Å². The van der Waals surface area contributed by atoms with Crippen molar-refractivity contribution in [3.63, 3.8) is 0 Å². The monoisotopic (exact) mass is 269 g/mol. The van der Waals surface area contributed by atoms with Crippen molar-refractivity contribution in [3.8, 4) is 0 Å². The van der Waals surface area contributed by atoms with Crippen molar-refractivity contribution in [2.24, 2.45) is 5.10 Å². The van der Waals surface area contributed by atoms with Crippen LogP contribution in [-0.4, -0.2) is 34.0 Å². The molecule has 0 aliphatic rings. The van der Waals surface area contributed by atoms with Gasteiger partial charge in [0.15, 0.2) is 0 Å². The summed E-state index contributed by atoms with van der Waals surface area (Å²) in [6, 6.07) is 7.80. The number of anilines is 1. The highest BCUT2D eigenvalue weighted by Crippen LogP contribution is 2.13. The first kappa shape index (κ1) is 14.5. The van der Waals surface area contributed by atoms with E-state index in [1.54, 1.807) is 0 Å². The van der Waals surface area contributed by atoms with Crippen molar-refractivity contribution < 1.29 is 8.42 Å². The molecule has 0 aromatic heterocycles. The molecule has 18 heavy (non-hydrogen) atoms. The Hall–Kier alpha value is -1.56. The summed E-state index contributed by atoms with van der Waals surface area (Å²) in [5.74, 6) is 0. The first-order valence-corrected chi connectivity index (χ1v) is 7.70. The van der Waals surface area contributed by atoms with Gasteiger partial charge in [0.2, 0.25) is 10.0 Å². The van der Waals surface area contributed by atoms with Crippen LogP contribution in [0.25, 0.3) is 0 Å². The summed E-state index contributed by atoms with van der Waals surface area (Å²) in [5.41, 5.74) is 2.00. The number of rotatable bonds is 6. The van der Waals surface area contributed by atoms with Gasteiger partial charge in [-0.2, -0.15) is 5.10 Å². The Morgan fingerprint density at radius 3 is 2.22 bits per heavy atom. The molecular formula is C12H19N3O2S. The fourth-order valence-electron chi connectivity index (χ4n) is 1.56. The molecule has 0 heterocycles. The average Bonchev–Trinajstić information content (AvgIpc) is 2.31. The van der Waals surface area contributed by atoms with Gasteiger partial charge in [-0.05, 0) is 31.5 Å². The van der Waals surface area contributed by atoms with E-state index in [1.165, 1.54) is 6.21 Å². The van der Waals surface area contributed by atoms with Gasteiger partial charge in [-0.25, -0.2) is 13.2 Å². The van der Waals surface area contributed by atoms with E-state index >= 15 is 0 Å². The Bertz CT molecular complexity index is 491. The second-order valence-electron chi connectivity index (χ2n) is 3.89. The molecule has 5 nitrogen and oxygen atoms in total. The van der Waals surface area contributed by atoms with Crippen molar-refractivity contribution in [1.29, 1.82) is 0 Å². The highest BCUT2D eigenvalue weighted by Gasteiger charge is 2.00. The quantitative estimate of drug-likeness (QED) is 0.627. The van der Waals surface area contributed by atoms with E-state index in [1.807, 2.05) is 24.3 Å². The van der Waals surface area contributed by atoms with Crippen molar-refractivity contribution in [2.45, 2.75) is 13.8 Å². The Balaban J connectivity index is 2.71. The van der Waals surface area contributed by atoms with E-state index in [0.29, 0.717) is 0 Å². The van der Waals surface area contributed by atoms with Crippen LogP contribution < -0.4 is 9.73 Å². The molecule has 0 atom stereocenters. The summed E-state index contributed by atoms with van der Waals surface area (Å²) >= 11 is 0. The van der Waals surface area contributed by atoms with Crippen molar-refractivity contribution in [3.05, 3.63) is 29.8 Å². The van der Waals surface area contributed by atoms with Crippen LogP contribution >= 0.6 is 0 Å². The topological polar surface area (TPSA) is 61.8 Å². The maximum absolute atomic E-state index is 10.8. The number of sulfonamides is 1. The molecule has 0 amide bonds. The van der Waals surface area contributed by atoms with E-state index in [2.05, 4.69) is 28.7 Å². The molecule has 0 spiro atoms. The number of hydrazone groups is 1. The van der Waals surface area contributed by atoms with Crippen LogP contribution in [0.2, 0.25) is 0 Å². The Morgan fingerprint density at radius 1 is 1.22 bits per heavy atom. The molecule has 6 heteroatoms. The van der Waals surface area contributed by atoms with Crippen LogP contribution in [0.3, 0.4) is 0 Å². The zero-order valence-corrected chi connectivity index (χ0v) is 11.7. The van der Waals surface area contributed by atoms with Gasteiger partial charge in [-0.1, -0.05) is 12.1 Å². The summed E-state index contributed by atoms with van der Waals surface area (Å²) in [7, 11) is -3.28. The first-order chi connectivity index (χ1) is 8.46. The summed E-state index contributed by atoms with van der Waals surface area (Å²) in [6.45, 7) is 6.13. The molecule has 0 unspecified atom stereocenters. The molecule has 0 radical (unpaired) electrons. The van der Waals surface area contributed by atoms with Gasteiger partial charge in [0.25, 0.3) is 0 Å². The van der Waals surface area contributed by atoms with Crippen molar-refractivity contribution >= 4 is 21.9 Å². The summed E-state index contributed by atoms with van der Waals surface area (Å²) in [5, 5.41) is 3.65. The van der Waals surface area contributed by atoms with Crippen LogP contribution in [-0.2, 0) is 10.0 Å². The van der Waals surface area contributed by atoms with E-state index in [0.717, 1.165) is 30.6 Å². The molecule has 0 fully saturated rings. The van der Waals surface area contributed by atoms with Gasteiger partial charge in [0, 0.05) is 18.8 Å². The smallest absolute Gasteiger partial charge is 0.244 e. The molecule has 1 rings (SSSR count). The third-order valence-electron chi connectivity index (χ3n) is 2.45. The highest BCUT2D eigenvalue weighted by molar-refractivity contribution is 7.88. The fraction of sp³-hybridized carbons (Fsp3) is 0.417. The number of hydrogen-bond acceptors (Lipinski definition) is 4. The van der Waals surface area contributed by atoms with Gasteiger partial charge in [-0.15, -0.1) is 0 Å². The molecule has 1 N–H and O–H groups in total. The Morgan fingerprint density at radius 2 is 1.78 bits per heavy atom. The van der Waals surface area contributed by atoms with E-state index in [-0.39, 0.29) is 0 Å². The summed E-state index contributed by atoms with van der Waals surface area (Å²) in [4.78, 5) is 4.29. The van der Waals surface area contributed by atoms with Gasteiger partial charge in [0.1, 0.15) is 0 Å². The molecule has 1 aromatic rings. The van der Waals surface area contributed by atoms with Gasteiger partial charge in [-0.3, -0.25) is 0 Å². The highest BCUT2D eigenvalue weighted by atomic mass is 32.2. The Labute approximate surface area is 109 Å². The van der Waals surface area contributed by atoms with Crippen LogP contribution in [0.5, 0.6) is 0 Å². The van der Waals surface area contributed by atoms with E-state index < -0.39 is 10.0 Å². The Kier molecular flexibility index (Phi) is 5.15. The standard InChI is InChI=1S/C12H19N3O2S/c1-4-15(5-2)12-8-6-11(7-9-12)10-13-14-18(3,16)17/h6-10,14H,4-5H2,1-3H3/b13-10+. The van der Waals surface area contributed by atoms with Gasteiger partial charge < -0.3 is 4.90 Å². The number of nitrogens with zero attached hydrogens (tertiary/aromatic N) is 2. The van der Waals surface area contributed by atoms with Crippen molar-refractivity contribution in [2.75, 3.05) is 24.2 Å². The normalized spacial score (nSPS) is 11.7. The van der Waals surface area contributed by atoms with Gasteiger partial charge >= 0.3 is 0 Å². The SMILES string of the molecule is CCN(CC)c1ccc(/C=N/NS(C)(=O)=O)cc1. The number of hydrogen-bond donors (Lipinski definition) is 1. The predicted molar refractivity (Wildman–Crippen MR) is 75.6 cm³/mol. The van der Waals surface area contributed by atoms with E-state index in [4.69, 9.17) is 0 Å². The van der Waals surface area contributed by atoms with Crippen molar-refractivity contribution in [1.82, 2.24) is 4.83 Å². The lowest BCUT2D eigenvalue weighted by Crippen LogP contribution is -2.21. The fourth-order valence-corrected chi connectivity index (χ4v) is 1.80. The molecule has 0 saturated heterocycles. The third kappa shape index (κ3) is 4.75. The van der Waals surface area contributed by atoms with E-state index in [9.17, 15) is 8.42 Å². The molecule has 1 aromatic carbocycles. The minimum absolute atomic E-state index is 0.849. The minimum atomic E-state index is -3.28. The van der Waals surface area contributed by atoms with Crippen LogP contribution in [0.1, 0.15) is 19.4 Å². The average molecular weight is 269 g/mol. The largest absolute Gasteiger partial charge is 0.372 e. The lowest BCUT2D eigenvalue weighted by atomic mass is 10.2. The van der Waals surface area contributed by atoms with Crippen LogP contribution in [0.4, 0.5) is 5.69 Å². The number of benzene rings is 1. The maximum Gasteiger partial charge on any atom is 0.244 e. The lowest BCUT2D eigenvalue weighted by molar-refractivity contribution is 0.591. The molecule has 0 aliphatic carbocycles. The number of nitrogens with one attached hydrogen (secondary N) is 1. The maximum atomic E-state index is 10.8. The minimum Gasteiger partial charge on any atom is -0.372 e. The second kappa shape index (κ2) is 6.39. The molecule has 100 valence electrons. The molecule has 0 aliphatic heterocycles. The zero-order chi connectivity index (χ0) is 13.6.